The van der Waals surface area contributed by atoms with Gasteiger partial charge in [-0.25, -0.2) is 4.98 Å². The van der Waals surface area contributed by atoms with Crippen LogP contribution in [-0.4, -0.2) is 9.55 Å². The molecule has 2 heterocycles. The first kappa shape index (κ1) is 11.9. The molecule has 3 nitrogen and oxygen atoms in total. The number of aryl methyl sites for hydroxylation is 1. The minimum atomic E-state index is 0.547. The van der Waals surface area contributed by atoms with Gasteiger partial charge in [-0.1, -0.05) is 6.07 Å². The highest BCUT2D eigenvalue weighted by Gasteiger charge is 2.11. The number of benzene rings is 1. The minimum absolute atomic E-state index is 0.547. The average Bonchev–Trinajstić information content (AvgIpc) is 2.93. The summed E-state index contributed by atoms with van der Waals surface area (Å²) < 4.78 is 3.23. The molecule has 0 amide bonds. The Labute approximate surface area is 117 Å². The number of fused-ring (bicyclic) bond motifs is 1. The molecule has 0 radical (unpaired) electrons. The lowest BCUT2D eigenvalue weighted by atomic mass is 10.2. The fourth-order valence-corrected chi connectivity index (χ4v) is 3.19. The van der Waals surface area contributed by atoms with Crippen LogP contribution in [0.15, 0.2) is 33.4 Å². The Morgan fingerprint density at radius 2 is 2.22 bits per heavy atom. The van der Waals surface area contributed by atoms with Crippen LogP contribution in [-0.2, 0) is 13.6 Å². The van der Waals surface area contributed by atoms with Gasteiger partial charge in [0, 0.05) is 24.5 Å². The fraction of sp³-hybridized carbons (Fsp3) is 0.154. The predicted octanol–water partition coefficient (Wildman–Crippen LogP) is 3.52. The van der Waals surface area contributed by atoms with E-state index < -0.39 is 0 Å². The maximum atomic E-state index is 5.66. The Bertz CT molecular complexity index is 714. The zero-order chi connectivity index (χ0) is 12.7. The molecule has 0 aliphatic heterocycles. The monoisotopic (exact) mass is 321 g/mol. The standard InChI is InChI=1S/C13H12BrN3S/c1-17-11-3-2-8(6-15)4-10(11)16-13(17)9-5-12(14)18-7-9/h2-5,7H,6,15H2,1H3. The Balaban J connectivity index is 2.22. The van der Waals surface area contributed by atoms with Gasteiger partial charge in [0.1, 0.15) is 5.82 Å². The van der Waals surface area contributed by atoms with Gasteiger partial charge in [-0.3, -0.25) is 0 Å². The van der Waals surface area contributed by atoms with Gasteiger partial charge < -0.3 is 10.3 Å². The van der Waals surface area contributed by atoms with E-state index >= 15 is 0 Å². The topological polar surface area (TPSA) is 43.8 Å². The van der Waals surface area contributed by atoms with Crippen LogP contribution >= 0.6 is 27.3 Å². The first-order chi connectivity index (χ1) is 8.69. The van der Waals surface area contributed by atoms with Gasteiger partial charge in [-0.15, -0.1) is 11.3 Å². The molecule has 0 saturated carbocycles. The summed E-state index contributed by atoms with van der Waals surface area (Å²) in [6, 6.07) is 8.28. The highest BCUT2D eigenvalue weighted by Crippen LogP contribution is 2.30. The maximum absolute atomic E-state index is 5.66. The van der Waals surface area contributed by atoms with Crippen LogP contribution in [0.2, 0.25) is 0 Å². The molecule has 2 N–H and O–H groups in total. The summed E-state index contributed by atoms with van der Waals surface area (Å²) in [5.41, 5.74) is 10.0. The number of hydrogen-bond donors (Lipinski definition) is 1. The lowest BCUT2D eigenvalue weighted by Crippen LogP contribution is -1.95. The second-order valence-electron chi connectivity index (χ2n) is 4.16. The van der Waals surface area contributed by atoms with Crippen molar-refractivity contribution < 1.29 is 0 Å². The molecule has 0 aliphatic rings. The van der Waals surface area contributed by atoms with Crippen LogP contribution in [0.3, 0.4) is 0 Å². The molecule has 5 heteroatoms. The van der Waals surface area contributed by atoms with Gasteiger partial charge in [0.15, 0.2) is 0 Å². The average molecular weight is 322 g/mol. The molecule has 0 spiro atoms. The first-order valence-corrected chi connectivity index (χ1v) is 7.26. The van der Waals surface area contributed by atoms with Crippen molar-refractivity contribution in [3.63, 3.8) is 0 Å². The van der Waals surface area contributed by atoms with Gasteiger partial charge in [-0.2, -0.15) is 0 Å². The number of halogens is 1. The van der Waals surface area contributed by atoms with E-state index in [4.69, 9.17) is 10.7 Å². The SMILES string of the molecule is Cn1c(-c2csc(Br)c2)nc2cc(CN)ccc21. The maximum Gasteiger partial charge on any atom is 0.141 e. The molecule has 0 atom stereocenters. The number of imidazole rings is 1. The van der Waals surface area contributed by atoms with E-state index in [1.54, 1.807) is 11.3 Å². The van der Waals surface area contributed by atoms with Crippen molar-refractivity contribution in [2.75, 3.05) is 0 Å². The van der Waals surface area contributed by atoms with E-state index in [1.807, 2.05) is 7.05 Å². The van der Waals surface area contributed by atoms with Crippen LogP contribution < -0.4 is 5.73 Å². The molecule has 3 rings (SSSR count). The minimum Gasteiger partial charge on any atom is -0.327 e. The Kier molecular flexibility index (Phi) is 2.97. The van der Waals surface area contributed by atoms with Crippen molar-refractivity contribution in [3.8, 4) is 11.4 Å². The lowest BCUT2D eigenvalue weighted by Gasteiger charge is -1.99. The van der Waals surface area contributed by atoms with Crippen LogP contribution in [0.1, 0.15) is 5.56 Å². The van der Waals surface area contributed by atoms with Crippen LogP contribution in [0.25, 0.3) is 22.4 Å². The summed E-state index contributed by atoms with van der Waals surface area (Å²) in [7, 11) is 2.04. The van der Waals surface area contributed by atoms with E-state index in [9.17, 15) is 0 Å². The molecule has 1 aromatic carbocycles. The molecule has 2 aromatic heterocycles. The molecule has 18 heavy (non-hydrogen) atoms. The molecular weight excluding hydrogens is 310 g/mol. The van der Waals surface area contributed by atoms with E-state index in [-0.39, 0.29) is 0 Å². The van der Waals surface area contributed by atoms with Crippen molar-refractivity contribution >= 4 is 38.3 Å². The third kappa shape index (κ3) is 1.88. The van der Waals surface area contributed by atoms with Gasteiger partial charge in [0.25, 0.3) is 0 Å². The Morgan fingerprint density at radius 3 is 2.89 bits per heavy atom. The molecule has 0 fully saturated rings. The lowest BCUT2D eigenvalue weighted by molar-refractivity contribution is 0.960. The van der Waals surface area contributed by atoms with E-state index in [1.165, 1.54) is 0 Å². The zero-order valence-electron chi connectivity index (χ0n) is 9.85. The zero-order valence-corrected chi connectivity index (χ0v) is 12.3. The molecular formula is C13H12BrN3S. The van der Waals surface area contributed by atoms with E-state index in [2.05, 4.69) is 50.1 Å². The van der Waals surface area contributed by atoms with Gasteiger partial charge in [0.2, 0.25) is 0 Å². The summed E-state index contributed by atoms with van der Waals surface area (Å²) in [6.07, 6.45) is 0. The number of nitrogens with zero attached hydrogens (tertiary/aromatic N) is 2. The number of aromatic nitrogens is 2. The highest BCUT2D eigenvalue weighted by atomic mass is 79.9. The van der Waals surface area contributed by atoms with Gasteiger partial charge in [0.05, 0.1) is 14.8 Å². The van der Waals surface area contributed by atoms with Crippen LogP contribution in [0, 0.1) is 0 Å². The Morgan fingerprint density at radius 1 is 1.39 bits per heavy atom. The summed E-state index contributed by atoms with van der Waals surface area (Å²) in [5.74, 6) is 0.987. The number of rotatable bonds is 2. The van der Waals surface area contributed by atoms with Crippen molar-refractivity contribution in [2.24, 2.45) is 12.8 Å². The Hall–Kier alpha value is -1.17. The molecule has 0 unspecified atom stereocenters. The van der Waals surface area contributed by atoms with E-state index in [0.29, 0.717) is 6.54 Å². The first-order valence-electron chi connectivity index (χ1n) is 5.59. The second kappa shape index (κ2) is 4.50. The largest absolute Gasteiger partial charge is 0.327 e. The summed E-state index contributed by atoms with van der Waals surface area (Å²) in [6.45, 7) is 0.547. The second-order valence-corrected chi connectivity index (χ2v) is 6.45. The summed E-state index contributed by atoms with van der Waals surface area (Å²) >= 11 is 5.15. The molecule has 0 aliphatic carbocycles. The summed E-state index contributed by atoms with van der Waals surface area (Å²) in [4.78, 5) is 4.70. The molecule has 3 aromatic rings. The number of thiophene rings is 1. The van der Waals surface area contributed by atoms with Crippen molar-refractivity contribution in [2.45, 2.75) is 6.54 Å². The smallest absolute Gasteiger partial charge is 0.141 e. The number of hydrogen-bond acceptors (Lipinski definition) is 3. The normalized spacial score (nSPS) is 11.3. The quantitative estimate of drug-likeness (QED) is 0.784. The van der Waals surface area contributed by atoms with Crippen molar-refractivity contribution in [1.29, 1.82) is 0 Å². The molecule has 0 bridgehead atoms. The third-order valence-corrected chi connectivity index (χ3v) is 4.51. The van der Waals surface area contributed by atoms with Crippen molar-refractivity contribution in [1.82, 2.24) is 9.55 Å². The fourth-order valence-electron chi connectivity index (χ4n) is 2.06. The molecule has 92 valence electrons. The van der Waals surface area contributed by atoms with Gasteiger partial charge in [-0.05, 0) is 39.7 Å². The third-order valence-electron chi connectivity index (χ3n) is 3.01. The van der Waals surface area contributed by atoms with E-state index in [0.717, 1.165) is 31.8 Å². The highest BCUT2D eigenvalue weighted by molar-refractivity contribution is 9.11. The molecule has 0 saturated heterocycles. The summed E-state index contributed by atoms with van der Waals surface area (Å²) in [5, 5.41) is 2.11. The van der Waals surface area contributed by atoms with Gasteiger partial charge >= 0.3 is 0 Å². The van der Waals surface area contributed by atoms with Crippen LogP contribution in [0.4, 0.5) is 0 Å². The number of nitrogens with two attached hydrogens (primary N) is 1. The van der Waals surface area contributed by atoms with Crippen LogP contribution in [0.5, 0.6) is 0 Å². The predicted molar refractivity (Wildman–Crippen MR) is 79.6 cm³/mol. The van der Waals surface area contributed by atoms with Crippen molar-refractivity contribution in [3.05, 3.63) is 39.0 Å².